The van der Waals surface area contributed by atoms with E-state index in [4.69, 9.17) is 4.74 Å². The third-order valence-electron chi connectivity index (χ3n) is 3.59. The van der Waals surface area contributed by atoms with Gasteiger partial charge in [0.15, 0.2) is 0 Å². The fourth-order valence-electron chi connectivity index (χ4n) is 2.57. The van der Waals surface area contributed by atoms with Crippen molar-refractivity contribution in [3.8, 4) is 5.75 Å². The molecule has 2 aromatic carbocycles. The molecule has 0 radical (unpaired) electrons. The second kappa shape index (κ2) is 5.97. The summed E-state index contributed by atoms with van der Waals surface area (Å²) in [7, 11) is 1.90. The lowest BCUT2D eigenvalue weighted by molar-refractivity contribution is -0.117. The Morgan fingerprint density at radius 2 is 2.10 bits per heavy atom. The fraction of sp³-hybridized carbons (Fsp3) is 0.235. The van der Waals surface area contributed by atoms with Crippen molar-refractivity contribution in [2.45, 2.75) is 12.5 Å². The van der Waals surface area contributed by atoms with Gasteiger partial charge in [0, 0.05) is 17.8 Å². The lowest BCUT2D eigenvalue weighted by Crippen LogP contribution is -2.22. The van der Waals surface area contributed by atoms with Crippen molar-refractivity contribution in [1.82, 2.24) is 5.32 Å². The van der Waals surface area contributed by atoms with E-state index in [1.54, 1.807) is 0 Å². The number of carbonyl (C=O) groups excluding carboxylic acids is 1. The van der Waals surface area contributed by atoms with E-state index in [9.17, 15) is 4.79 Å². The zero-order chi connectivity index (χ0) is 14.7. The van der Waals surface area contributed by atoms with Crippen molar-refractivity contribution in [3.63, 3.8) is 0 Å². The van der Waals surface area contributed by atoms with Crippen LogP contribution in [-0.4, -0.2) is 19.6 Å². The number of fused-ring (bicyclic) bond motifs is 1. The summed E-state index contributed by atoms with van der Waals surface area (Å²) in [5, 5.41) is 6.08. The summed E-state index contributed by atoms with van der Waals surface area (Å²) in [6.07, 6.45) is 0. The van der Waals surface area contributed by atoms with E-state index in [-0.39, 0.29) is 11.8 Å². The van der Waals surface area contributed by atoms with E-state index in [1.807, 2.05) is 55.6 Å². The van der Waals surface area contributed by atoms with Crippen LogP contribution in [0.5, 0.6) is 5.75 Å². The summed E-state index contributed by atoms with van der Waals surface area (Å²) in [5.41, 5.74) is 2.91. The maximum atomic E-state index is 12.4. The van der Waals surface area contributed by atoms with Crippen LogP contribution in [-0.2, 0) is 11.3 Å². The molecule has 4 heteroatoms. The molecule has 1 unspecified atom stereocenters. The Bertz CT molecular complexity index is 655. The molecule has 1 atom stereocenters. The first-order valence-corrected chi connectivity index (χ1v) is 7.04. The predicted octanol–water partition coefficient (Wildman–Crippen LogP) is 2.52. The third-order valence-corrected chi connectivity index (χ3v) is 3.59. The lowest BCUT2D eigenvalue weighted by Gasteiger charge is -2.11. The molecule has 0 bridgehead atoms. The molecule has 1 aliphatic rings. The summed E-state index contributed by atoms with van der Waals surface area (Å²) in [6, 6.07) is 15.6. The van der Waals surface area contributed by atoms with Gasteiger partial charge in [-0.05, 0) is 30.8 Å². The molecule has 0 aliphatic carbocycles. The number of anilines is 1. The highest BCUT2D eigenvalue weighted by Crippen LogP contribution is 2.34. The Balaban J connectivity index is 1.74. The van der Waals surface area contributed by atoms with Crippen LogP contribution in [0.1, 0.15) is 17.0 Å². The van der Waals surface area contributed by atoms with E-state index in [1.165, 1.54) is 0 Å². The molecule has 2 aromatic rings. The maximum absolute atomic E-state index is 12.4. The standard InChI is InChI=1S/C17H18N2O2/c1-18-10-12-5-4-6-13(9-12)19-17(20)15-11-21-16-8-3-2-7-14(15)16/h2-9,15,18H,10-11H2,1H3,(H,19,20). The highest BCUT2D eigenvalue weighted by molar-refractivity contribution is 5.97. The molecular weight excluding hydrogens is 264 g/mol. The average molecular weight is 282 g/mol. The van der Waals surface area contributed by atoms with E-state index in [0.717, 1.165) is 29.1 Å². The maximum Gasteiger partial charge on any atom is 0.235 e. The van der Waals surface area contributed by atoms with Gasteiger partial charge >= 0.3 is 0 Å². The van der Waals surface area contributed by atoms with Crippen LogP contribution in [0, 0.1) is 0 Å². The minimum absolute atomic E-state index is 0.0263. The SMILES string of the molecule is CNCc1cccc(NC(=O)C2COc3ccccc32)c1. The van der Waals surface area contributed by atoms with Crippen molar-refractivity contribution >= 4 is 11.6 Å². The van der Waals surface area contributed by atoms with E-state index in [2.05, 4.69) is 10.6 Å². The van der Waals surface area contributed by atoms with Crippen molar-refractivity contribution in [2.24, 2.45) is 0 Å². The average Bonchev–Trinajstić information content (AvgIpc) is 2.92. The molecule has 4 nitrogen and oxygen atoms in total. The Hall–Kier alpha value is -2.33. The topological polar surface area (TPSA) is 50.4 Å². The van der Waals surface area contributed by atoms with E-state index < -0.39 is 0 Å². The minimum atomic E-state index is -0.242. The Labute approximate surface area is 124 Å². The number of hydrogen-bond acceptors (Lipinski definition) is 3. The molecule has 0 aromatic heterocycles. The van der Waals surface area contributed by atoms with E-state index >= 15 is 0 Å². The molecule has 0 saturated heterocycles. The molecule has 0 spiro atoms. The van der Waals surface area contributed by atoms with Gasteiger partial charge in [-0.3, -0.25) is 4.79 Å². The van der Waals surface area contributed by atoms with Gasteiger partial charge in [0.05, 0.1) is 0 Å². The zero-order valence-corrected chi connectivity index (χ0v) is 11.9. The Morgan fingerprint density at radius 1 is 1.24 bits per heavy atom. The fourth-order valence-corrected chi connectivity index (χ4v) is 2.57. The number of ether oxygens (including phenoxy) is 1. The number of carbonyl (C=O) groups is 1. The third kappa shape index (κ3) is 2.90. The monoisotopic (exact) mass is 282 g/mol. The molecule has 21 heavy (non-hydrogen) atoms. The zero-order valence-electron chi connectivity index (χ0n) is 11.9. The molecule has 0 saturated carbocycles. The predicted molar refractivity (Wildman–Crippen MR) is 82.5 cm³/mol. The number of amides is 1. The number of para-hydroxylation sites is 1. The van der Waals surface area contributed by atoms with Crippen LogP contribution in [0.2, 0.25) is 0 Å². The van der Waals surface area contributed by atoms with Gasteiger partial charge in [-0.2, -0.15) is 0 Å². The van der Waals surface area contributed by atoms with Gasteiger partial charge in [0.25, 0.3) is 0 Å². The van der Waals surface area contributed by atoms with Crippen molar-refractivity contribution in [2.75, 3.05) is 19.0 Å². The molecule has 1 amide bonds. The Kier molecular flexibility index (Phi) is 3.88. The second-order valence-corrected chi connectivity index (χ2v) is 5.12. The molecule has 1 aliphatic heterocycles. The summed E-state index contributed by atoms with van der Waals surface area (Å²) >= 11 is 0. The molecule has 3 rings (SSSR count). The number of hydrogen-bond donors (Lipinski definition) is 2. The number of benzene rings is 2. The minimum Gasteiger partial charge on any atom is -0.492 e. The van der Waals surface area contributed by atoms with Crippen molar-refractivity contribution in [1.29, 1.82) is 0 Å². The second-order valence-electron chi connectivity index (χ2n) is 5.12. The smallest absolute Gasteiger partial charge is 0.235 e. The highest BCUT2D eigenvalue weighted by Gasteiger charge is 2.29. The van der Waals surface area contributed by atoms with Crippen molar-refractivity contribution < 1.29 is 9.53 Å². The molecule has 1 heterocycles. The van der Waals surface area contributed by atoms with Gasteiger partial charge < -0.3 is 15.4 Å². The van der Waals surface area contributed by atoms with Crippen LogP contribution in [0.4, 0.5) is 5.69 Å². The summed E-state index contributed by atoms with van der Waals surface area (Å²) in [4.78, 5) is 12.4. The van der Waals surface area contributed by atoms with Gasteiger partial charge in [-0.15, -0.1) is 0 Å². The summed E-state index contributed by atoms with van der Waals surface area (Å²) in [5.74, 6) is 0.539. The normalized spacial score (nSPS) is 16.1. The van der Waals surface area contributed by atoms with Gasteiger partial charge in [-0.25, -0.2) is 0 Å². The lowest BCUT2D eigenvalue weighted by atomic mass is 10.0. The van der Waals surface area contributed by atoms with Gasteiger partial charge in [-0.1, -0.05) is 30.3 Å². The van der Waals surface area contributed by atoms with Crippen LogP contribution < -0.4 is 15.4 Å². The van der Waals surface area contributed by atoms with Gasteiger partial charge in [0.2, 0.25) is 5.91 Å². The quantitative estimate of drug-likeness (QED) is 0.906. The van der Waals surface area contributed by atoms with Crippen LogP contribution >= 0.6 is 0 Å². The summed E-state index contributed by atoms with van der Waals surface area (Å²) < 4.78 is 5.56. The molecular formula is C17H18N2O2. The molecule has 2 N–H and O–H groups in total. The first-order valence-electron chi connectivity index (χ1n) is 7.04. The first kappa shape index (κ1) is 13.6. The molecule has 108 valence electrons. The molecule has 0 fully saturated rings. The highest BCUT2D eigenvalue weighted by atomic mass is 16.5. The Morgan fingerprint density at radius 3 is 2.95 bits per heavy atom. The summed E-state index contributed by atoms with van der Waals surface area (Å²) in [6.45, 7) is 1.18. The van der Waals surface area contributed by atoms with Crippen LogP contribution in [0.3, 0.4) is 0 Å². The number of rotatable bonds is 4. The first-order chi connectivity index (χ1) is 10.3. The van der Waals surface area contributed by atoms with Gasteiger partial charge in [0.1, 0.15) is 18.3 Å². The largest absolute Gasteiger partial charge is 0.492 e. The van der Waals surface area contributed by atoms with Crippen molar-refractivity contribution in [3.05, 3.63) is 59.7 Å². The van der Waals surface area contributed by atoms with E-state index in [0.29, 0.717) is 6.61 Å². The van der Waals surface area contributed by atoms with Crippen LogP contribution in [0.15, 0.2) is 48.5 Å². The van der Waals surface area contributed by atoms with Crippen LogP contribution in [0.25, 0.3) is 0 Å². The number of nitrogens with one attached hydrogen (secondary N) is 2.